The van der Waals surface area contributed by atoms with E-state index in [1.807, 2.05) is 13.0 Å². The highest BCUT2D eigenvalue weighted by Gasteiger charge is 2.13. The number of hydrogen-bond donors (Lipinski definition) is 1. The smallest absolute Gasteiger partial charge is 0.293 e. The molecule has 8 nitrogen and oxygen atoms in total. The average molecular weight is 327 g/mol. The van der Waals surface area contributed by atoms with Gasteiger partial charge in [-0.1, -0.05) is 19.1 Å². The van der Waals surface area contributed by atoms with Gasteiger partial charge in [-0.15, -0.1) is 0 Å². The molecule has 0 saturated heterocycles. The Bertz CT molecular complexity index is 944. The number of para-hydroxylation sites is 2. The zero-order valence-electron chi connectivity index (χ0n) is 13.4. The van der Waals surface area contributed by atoms with Crippen LogP contribution in [-0.2, 0) is 17.8 Å². The van der Waals surface area contributed by atoms with Gasteiger partial charge in [-0.3, -0.25) is 9.59 Å². The van der Waals surface area contributed by atoms with E-state index >= 15 is 0 Å². The summed E-state index contributed by atoms with van der Waals surface area (Å²) in [5.41, 5.74) is 0.575. The standard InChI is InChI=1S/C16H17N5O3/c1-3-14-19-20(16(23)12-8-9-17-21(12)14)10-15(22)18-11-6-4-5-7-13(11)24-2/h4-9H,3,10H2,1-2H3,(H,18,22). The Morgan fingerprint density at radius 2 is 2.08 bits per heavy atom. The zero-order valence-corrected chi connectivity index (χ0v) is 13.4. The van der Waals surface area contributed by atoms with Crippen molar-refractivity contribution in [2.45, 2.75) is 19.9 Å². The molecule has 0 aliphatic rings. The van der Waals surface area contributed by atoms with E-state index in [2.05, 4.69) is 15.5 Å². The highest BCUT2D eigenvalue weighted by molar-refractivity contribution is 5.92. The number of amides is 1. The van der Waals surface area contributed by atoms with Crippen LogP contribution in [0.1, 0.15) is 12.7 Å². The number of fused-ring (bicyclic) bond motifs is 1. The second-order valence-corrected chi connectivity index (χ2v) is 5.11. The molecule has 0 aliphatic carbocycles. The molecule has 3 aromatic rings. The molecule has 0 fully saturated rings. The van der Waals surface area contributed by atoms with Gasteiger partial charge < -0.3 is 10.1 Å². The number of rotatable bonds is 5. The third-order valence-corrected chi connectivity index (χ3v) is 3.57. The van der Waals surface area contributed by atoms with Gasteiger partial charge in [-0.25, -0.2) is 9.20 Å². The number of carbonyl (C=O) groups excluding carboxylic acids is 1. The minimum atomic E-state index is -0.361. The molecule has 0 unspecified atom stereocenters. The lowest BCUT2D eigenvalue weighted by atomic mass is 10.3. The van der Waals surface area contributed by atoms with Crippen LogP contribution in [0.3, 0.4) is 0 Å². The van der Waals surface area contributed by atoms with E-state index in [4.69, 9.17) is 4.74 Å². The molecule has 124 valence electrons. The second-order valence-electron chi connectivity index (χ2n) is 5.11. The molecule has 0 radical (unpaired) electrons. The first-order chi connectivity index (χ1) is 11.6. The molecule has 0 aliphatic heterocycles. The summed E-state index contributed by atoms with van der Waals surface area (Å²) in [6, 6.07) is 8.67. The number of nitrogens with zero attached hydrogens (tertiary/aromatic N) is 4. The summed E-state index contributed by atoms with van der Waals surface area (Å²) in [4.78, 5) is 24.7. The van der Waals surface area contributed by atoms with Gasteiger partial charge in [0.1, 0.15) is 17.8 Å². The predicted molar refractivity (Wildman–Crippen MR) is 88.2 cm³/mol. The van der Waals surface area contributed by atoms with Crippen molar-refractivity contribution >= 4 is 17.1 Å². The van der Waals surface area contributed by atoms with E-state index in [0.717, 1.165) is 4.68 Å². The minimum Gasteiger partial charge on any atom is -0.495 e. The van der Waals surface area contributed by atoms with E-state index in [1.165, 1.54) is 17.8 Å². The summed E-state index contributed by atoms with van der Waals surface area (Å²) in [7, 11) is 1.53. The van der Waals surface area contributed by atoms with Crippen LogP contribution >= 0.6 is 0 Å². The number of hydrogen-bond acceptors (Lipinski definition) is 5. The molecule has 0 saturated carbocycles. The summed E-state index contributed by atoms with van der Waals surface area (Å²) in [5, 5.41) is 11.0. The minimum absolute atomic E-state index is 0.189. The lowest BCUT2D eigenvalue weighted by Gasteiger charge is -2.11. The van der Waals surface area contributed by atoms with E-state index in [1.54, 1.807) is 24.3 Å². The largest absolute Gasteiger partial charge is 0.495 e. The van der Waals surface area contributed by atoms with Crippen molar-refractivity contribution in [3.8, 4) is 5.75 Å². The van der Waals surface area contributed by atoms with Crippen LogP contribution in [0.5, 0.6) is 5.75 Å². The fourth-order valence-corrected chi connectivity index (χ4v) is 2.43. The molecule has 24 heavy (non-hydrogen) atoms. The van der Waals surface area contributed by atoms with Gasteiger partial charge in [-0.05, 0) is 18.2 Å². The van der Waals surface area contributed by atoms with Crippen LogP contribution in [-0.4, -0.2) is 32.4 Å². The number of methoxy groups -OCH3 is 1. The second kappa shape index (κ2) is 6.53. The van der Waals surface area contributed by atoms with Crippen LogP contribution in [0, 0.1) is 0 Å². The molecule has 8 heteroatoms. The Hall–Kier alpha value is -3.16. The van der Waals surface area contributed by atoms with Gasteiger partial charge in [0.05, 0.1) is 19.0 Å². The average Bonchev–Trinajstić information content (AvgIpc) is 3.08. The summed E-state index contributed by atoms with van der Waals surface area (Å²) in [5.74, 6) is 0.798. The van der Waals surface area contributed by atoms with Gasteiger partial charge in [0.2, 0.25) is 5.91 Å². The molecule has 3 rings (SSSR count). The number of anilines is 1. The normalized spacial score (nSPS) is 10.8. The Morgan fingerprint density at radius 1 is 1.29 bits per heavy atom. The zero-order chi connectivity index (χ0) is 17.1. The van der Waals surface area contributed by atoms with Gasteiger partial charge in [0.25, 0.3) is 5.56 Å². The number of carbonyl (C=O) groups is 1. The number of aryl methyl sites for hydroxylation is 1. The summed E-state index contributed by atoms with van der Waals surface area (Å²) < 4.78 is 7.84. The molecule has 1 amide bonds. The Morgan fingerprint density at radius 3 is 2.83 bits per heavy atom. The maximum Gasteiger partial charge on any atom is 0.293 e. The fourth-order valence-electron chi connectivity index (χ4n) is 2.43. The molecule has 2 aromatic heterocycles. The van der Waals surface area contributed by atoms with Crippen LogP contribution in [0.25, 0.3) is 5.52 Å². The number of benzene rings is 1. The molecule has 1 N–H and O–H groups in total. The maximum absolute atomic E-state index is 12.4. The van der Waals surface area contributed by atoms with Gasteiger partial charge in [-0.2, -0.15) is 10.2 Å². The number of nitrogens with one attached hydrogen (secondary N) is 1. The third kappa shape index (κ3) is 2.85. The Labute approximate surface area is 137 Å². The first-order valence-electron chi connectivity index (χ1n) is 7.50. The number of aromatic nitrogens is 4. The summed E-state index contributed by atoms with van der Waals surface area (Å²) >= 11 is 0. The topological polar surface area (TPSA) is 90.5 Å². The fraction of sp³-hybridized carbons (Fsp3) is 0.250. The van der Waals surface area contributed by atoms with Crippen molar-refractivity contribution < 1.29 is 9.53 Å². The maximum atomic E-state index is 12.4. The van der Waals surface area contributed by atoms with Gasteiger partial charge in [0, 0.05) is 6.42 Å². The van der Waals surface area contributed by atoms with E-state index < -0.39 is 0 Å². The van der Waals surface area contributed by atoms with Gasteiger partial charge in [0.15, 0.2) is 5.82 Å². The highest BCUT2D eigenvalue weighted by atomic mass is 16.5. The predicted octanol–water partition coefficient (Wildman–Crippen LogP) is 1.10. The van der Waals surface area contributed by atoms with E-state index in [9.17, 15) is 9.59 Å². The molecule has 2 heterocycles. The lowest BCUT2D eigenvalue weighted by molar-refractivity contribution is -0.117. The lowest BCUT2D eigenvalue weighted by Crippen LogP contribution is -2.32. The van der Waals surface area contributed by atoms with Gasteiger partial charge >= 0.3 is 0 Å². The SMILES string of the molecule is CCc1nn(CC(=O)Nc2ccccc2OC)c(=O)c2ccnn12. The first kappa shape index (κ1) is 15.7. The number of ether oxygens (including phenoxy) is 1. The molecule has 0 atom stereocenters. The van der Waals surface area contributed by atoms with Crippen LogP contribution in [0.2, 0.25) is 0 Å². The Kier molecular flexibility index (Phi) is 4.28. The van der Waals surface area contributed by atoms with E-state index in [0.29, 0.717) is 29.2 Å². The van der Waals surface area contributed by atoms with Crippen molar-refractivity contribution in [1.29, 1.82) is 0 Å². The third-order valence-electron chi connectivity index (χ3n) is 3.57. The quantitative estimate of drug-likeness (QED) is 0.758. The van der Waals surface area contributed by atoms with Crippen molar-refractivity contribution in [2.24, 2.45) is 0 Å². The Balaban J connectivity index is 1.88. The highest BCUT2D eigenvalue weighted by Crippen LogP contribution is 2.22. The van der Waals surface area contributed by atoms with Crippen LogP contribution in [0.15, 0.2) is 41.3 Å². The van der Waals surface area contributed by atoms with Crippen molar-refractivity contribution in [2.75, 3.05) is 12.4 Å². The van der Waals surface area contributed by atoms with Crippen LogP contribution in [0.4, 0.5) is 5.69 Å². The molecular formula is C16H17N5O3. The van der Waals surface area contributed by atoms with Crippen LogP contribution < -0.4 is 15.6 Å². The monoisotopic (exact) mass is 327 g/mol. The molecule has 0 bridgehead atoms. The summed E-state index contributed by atoms with van der Waals surface area (Å²) in [6.07, 6.45) is 2.13. The van der Waals surface area contributed by atoms with E-state index in [-0.39, 0.29) is 18.0 Å². The van der Waals surface area contributed by atoms with Crippen molar-refractivity contribution in [3.63, 3.8) is 0 Å². The molecule has 1 aromatic carbocycles. The summed E-state index contributed by atoms with van der Waals surface area (Å²) in [6.45, 7) is 1.72. The van der Waals surface area contributed by atoms with Crippen molar-refractivity contribution in [3.05, 3.63) is 52.7 Å². The molecular weight excluding hydrogens is 310 g/mol. The van der Waals surface area contributed by atoms with Crippen molar-refractivity contribution in [1.82, 2.24) is 19.4 Å². The first-order valence-corrected chi connectivity index (χ1v) is 7.50. The molecule has 0 spiro atoms.